The highest BCUT2D eigenvalue weighted by atomic mass is 19.1. The highest BCUT2D eigenvalue weighted by Gasteiger charge is 2.33. The second kappa shape index (κ2) is 8.95. The zero-order chi connectivity index (χ0) is 20.1. The molecule has 0 saturated carbocycles. The van der Waals surface area contributed by atoms with Crippen LogP contribution in [0, 0.1) is 11.7 Å². The Morgan fingerprint density at radius 2 is 2.14 bits per heavy atom. The van der Waals surface area contributed by atoms with Crippen LogP contribution in [0.3, 0.4) is 0 Å². The number of carbonyl (C=O) groups excluding carboxylic acids is 2. The van der Waals surface area contributed by atoms with E-state index in [1.165, 1.54) is 6.07 Å². The lowest BCUT2D eigenvalue weighted by atomic mass is 9.95. The van der Waals surface area contributed by atoms with Gasteiger partial charge in [0.25, 0.3) is 0 Å². The van der Waals surface area contributed by atoms with Crippen molar-refractivity contribution in [2.45, 2.75) is 46.2 Å². The van der Waals surface area contributed by atoms with E-state index in [-0.39, 0.29) is 49.6 Å². The van der Waals surface area contributed by atoms with Crippen LogP contribution in [-0.4, -0.2) is 44.8 Å². The number of amides is 2. The topological polar surface area (TPSA) is 79.5 Å². The van der Waals surface area contributed by atoms with E-state index in [9.17, 15) is 14.0 Å². The molecule has 0 unspecified atom stereocenters. The number of aromatic nitrogens is 2. The third-order valence-electron chi connectivity index (χ3n) is 5.01. The first-order valence-electron chi connectivity index (χ1n) is 9.63. The first-order chi connectivity index (χ1) is 13.5. The highest BCUT2D eigenvalue weighted by Crippen LogP contribution is 2.23. The molecule has 150 valence electrons. The standard InChI is InChI=1S/C20H25FN4O3/c1-3-17-22-18(28-23-17)13-24(4-2)20(27)15-9-10-19(26)25(12-15)11-14-7-5-6-8-16(14)21/h5-8,15H,3-4,9-13H2,1-2H3/t15-/m1/s1. The molecular formula is C20H25FN4O3. The predicted molar refractivity (Wildman–Crippen MR) is 99.3 cm³/mol. The summed E-state index contributed by atoms with van der Waals surface area (Å²) in [6.45, 7) is 5.03. The molecule has 1 saturated heterocycles. The monoisotopic (exact) mass is 388 g/mol. The van der Waals surface area contributed by atoms with Gasteiger partial charge in [0.2, 0.25) is 17.7 Å². The molecule has 1 aromatic heterocycles. The van der Waals surface area contributed by atoms with Crippen molar-refractivity contribution in [3.63, 3.8) is 0 Å². The molecule has 0 N–H and O–H groups in total. The van der Waals surface area contributed by atoms with E-state index in [4.69, 9.17) is 4.52 Å². The highest BCUT2D eigenvalue weighted by molar-refractivity contribution is 5.83. The summed E-state index contributed by atoms with van der Waals surface area (Å²) < 4.78 is 19.1. The Morgan fingerprint density at radius 3 is 2.82 bits per heavy atom. The van der Waals surface area contributed by atoms with Gasteiger partial charge in [0.1, 0.15) is 5.82 Å². The molecule has 0 bridgehead atoms. The average Bonchev–Trinajstić information content (AvgIpc) is 3.16. The van der Waals surface area contributed by atoms with E-state index in [1.807, 2.05) is 13.8 Å². The molecular weight excluding hydrogens is 363 g/mol. The van der Waals surface area contributed by atoms with Crippen LogP contribution in [0.4, 0.5) is 4.39 Å². The van der Waals surface area contributed by atoms with E-state index in [0.717, 1.165) is 0 Å². The lowest BCUT2D eigenvalue weighted by Crippen LogP contribution is -2.46. The Morgan fingerprint density at radius 1 is 1.36 bits per heavy atom. The van der Waals surface area contributed by atoms with Gasteiger partial charge in [0.05, 0.1) is 12.5 Å². The van der Waals surface area contributed by atoms with E-state index < -0.39 is 0 Å². The van der Waals surface area contributed by atoms with Gasteiger partial charge in [-0.05, 0) is 19.4 Å². The van der Waals surface area contributed by atoms with E-state index in [0.29, 0.717) is 36.7 Å². The number of hydrogen-bond donors (Lipinski definition) is 0. The maximum atomic E-state index is 13.9. The molecule has 1 fully saturated rings. The van der Waals surface area contributed by atoms with Crippen molar-refractivity contribution in [1.82, 2.24) is 19.9 Å². The van der Waals surface area contributed by atoms with Gasteiger partial charge < -0.3 is 14.3 Å². The Labute approximate surface area is 163 Å². The molecule has 1 atom stereocenters. The zero-order valence-corrected chi connectivity index (χ0v) is 16.2. The van der Waals surface area contributed by atoms with Crippen LogP contribution >= 0.6 is 0 Å². The Bertz CT molecular complexity index is 838. The molecule has 1 aliphatic heterocycles. The predicted octanol–water partition coefficient (Wildman–Crippen LogP) is 2.56. The Kier molecular flexibility index (Phi) is 6.38. The van der Waals surface area contributed by atoms with Gasteiger partial charge in [0.15, 0.2) is 5.82 Å². The molecule has 0 spiro atoms. The van der Waals surface area contributed by atoms with E-state index in [2.05, 4.69) is 10.1 Å². The number of carbonyl (C=O) groups is 2. The minimum Gasteiger partial charge on any atom is -0.337 e. The summed E-state index contributed by atoms with van der Waals surface area (Å²) in [5.41, 5.74) is 0.453. The summed E-state index contributed by atoms with van der Waals surface area (Å²) in [6.07, 6.45) is 1.44. The first-order valence-corrected chi connectivity index (χ1v) is 9.63. The number of rotatable bonds is 7. The van der Waals surface area contributed by atoms with Crippen LogP contribution < -0.4 is 0 Å². The molecule has 3 rings (SSSR count). The van der Waals surface area contributed by atoms with Crippen LogP contribution in [0.2, 0.25) is 0 Å². The maximum absolute atomic E-state index is 13.9. The van der Waals surface area contributed by atoms with Crippen LogP contribution in [0.15, 0.2) is 28.8 Å². The number of likely N-dealkylation sites (tertiary alicyclic amines) is 1. The Hall–Kier alpha value is -2.77. The fourth-order valence-electron chi connectivity index (χ4n) is 3.37. The third kappa shape index (κ3) is 4.55. The van der Waals surface area contributed by atoms with Crippen LogP contribution in [-0.2, 0) is 29.1 Å². The van der Waals surface area contributed by atoms with E-state index in [1.54, 1.807) is 28.0 Å². The third-order valence-corrected chi connectivity index (χ3v) is 5.01. The molecule has 2 aromatic rings. The van der Waals surface area contributed by atoms with Gasteiger partial charge in [-0.25, -0.2) is 4.39 Å². The molecule has 2 heterocycles. The molecule has 7 nitrogen and oxygen atoms in total. The zero-order valence-electron chi connectivity index (χ0n) is 16.2. The van der Waals surface area contributed by atoms with Gasteiger partial charge in [-0.3, -0.25) is 9.59 Å². The van der Waals surface area contributed by atoms with Gasteiger partial charge in [-0.2, -0.15) is 4.98 Å². The van der Waals surface area contributed by atoms with E-state index >= 15 is 0 Å². The average molecular weight is 388 g/mol. The van der Waals surface area contributed by atoms with Crippen molar-refractivity contribution in [3.8, 4) is 0 Å². The SMILES string of the molecule is CCc1noc(CN(CC)C(=O)[C@@H]2CCC(=O)N(Cc3ccccc3F)C2)n1. The molecule has 0 aliphatic carbocycles. The van der Waals surface area contributed by atoms with Crippen molar-refractivity contribution in [3.05, 3.63) is 47.4 Å². The Balaban J connectivity index is 1.66. The number of benzene rings is 1. The van der Waals surface area contributed by atoms with Gasteiger partial charge in [-0.15, -0.1) is 0 Å². The number of halogens is 1. The van der Waals surface area contributed by atoms with Crippen LogP contribution in [0.1, 0.15) is 44.0 Å². The number of aryl methyl sites for hydroxylation is 1. The largest absolute Gasteiger partial charge is 0.337 e. The second-order valence-corrected chi connectivity index (χ2v) is 6.91. The quantitative estimate of drug-likeness (QED) is 0.728. The molecule has 2 amide bonds. The second-order valence-electron chi connectivity index (χ2n) is 6.91. The van der Waals surface area contributed by atoms with Crippen molar-refractivity contribution >= 4 is 11.8 Å². The van der Waals surface area contributed by atoms with Gasteiger partial charge in [-0.1, -0.05) is 30.3 Å². The maximum Gasteiger partial charge on any atom is 0.246 e. The molecule has 1 aromatic carbocycles. The lowest BCUT2D eigenvalue weighted by molar-refractivity contribution is -0.144. The summed E-state index contributed by atoms with van der Waals surface area (Å²) in [5.74, 6) is 0.240. The van der Waals surface area contributed by atoms with Gasteiger partial charge in [0, 0.05) is 38.0 Å². The molecule has 0 radical (unpaired) electrons. The molecule has 8 heteroatoms. The smallest absolute Gasteiger partial charge is 0.246 e. The van der Waals surface area contributed by atoms with Crippen molar-refractivity contribution < 1.29 is 18.5 Å². The van der Waals surface area contributed by atoms with Crippen LogP contribution in [0.5, 0.6) is 0 Å². The van der Waals surface area contributed by atoms with Crippen LogP contribution in [0.25, 0.3) is 0 Å². The summed E-state index contributed by atoms with van der Waals surface area (Å²) >= 11 is 0. The summed E-state index contributed by atoms with van der Waals surface area (Å²) in [6, 6.07) is 6.39. The first kappa shape index (κ1) is 20.0. The number of nitrogens with zero attached hydrogens (tertiary/aromatic N) is 4. The van der Waals surface area contributed by atoms with Crippen molar-refractivity contribution in [2.24, 2.45) is 5.92 Å². The number of piperidine rings is 1. The summed E-state index contributed by atoms with van der Waals surface area (Å²) in [5, 5.41) is 3.86. The number of hydrogen-bond acceptors (Lipinski definition) is 5. The fourth-order valence-corrected chi connectivity index (χ4v) is 3.37. The van der Waals surface area contributed by atoms with Crippen molar-refractivity contribution in [1.29, 1.82) is 0 Å². The van der Waals surface area contributed by atoms with Crippen molar-refractivity contribution in [2.75, 3.05) is 13.1 Å². The lowest BCUT2D eigenvalue weighted by Gasteiger charge is -2.34. The minimum absolute atomic E-state index is 0.0511. The molecule has 28 heavy (non-hydrogen) atoms. The normalized spacial score (nSPS) is 17.0. The summed E-state index contributed by atoms with van der Waals surface area (Å²) in [4.78, 5) is 32.8. The molecule has 1 aliphatic rings. The minimum atomic E-state index is -0.345. The fraction of sp³-hybridized carbons (Fsp3) is 0.500. The van der Waals surface area contributed by atoms with Gasteiger partial charge >= 0.3 is 0 Å². The summed E-state index contributed by atoms with van der Waals surface area (Å²) in [7, 11) is 0.